The second-order valence-corrected chi connectivity index (χ2v) is 6.57. The van der Waals surface area contributed by atoms with E-state index in [9.17, 15) is 13.2 Å². The van der Waals surface area contributed by atoms with Crippen LogP contribution in [0.2, 0.25) is 0 Å². The highest BCUT2D eigenvalue weighted by Gasteiger charge is 2.24. The third kappa shape index (κ3) is 2.62. The number of hydrogen-bond donors (Lipinski definition) is 1. The maximum absolute atomic E-state index is 11.8. The lowest BCUT2D eigenvalue weighted by atomic mass is 10.0. The van der Waals surface area contributed by atoms with Crippen LogP contribution in [-0.2, 0) is 16.3 Å². The molecule has 1 aromatic carbocycles. The molecule has 1 heterocycles. The lowest BCUT2D eigenvalue weighted by Crippen LogP contribution is -2.16. The Morgan fingerprint density at radius 3 is 2.83 bits per heavy atom. The zero-order valence-electron chi connectivity index (χ0n) is 10.1. The summed E-state index contributed by atoms with van der Waals surface area (Å²) in [6, 6.07) is 4.79. The van der Waals surface area contributed by atoms with E-state index in [0.29, 0.717) is 36.1 Å². The second kappa shape index (κ2) is 5.20. The van der Waals surface area contributed by atoms with Crippen molar-refractivity contribution in [3.63, 3.8) is 0 Å². The van der Waals surface area contributed by atoms with Gasteiger partial charge in [-0.3, -0.25) is 4.79 Å². The van der Waals surface area contributed by atoms with Gasteiger partial charge in [-0.25, -0.2) is 8.42 Å². The Morgan fingerprint density at radius 1 is 1.33 bits per heavy atom. The van der Waals surface area contributed by atoms with Crippen molar-refractivity contribution in [1.29, 1.82) is 0 Å². The summed E-state index contributed by atoms with van der Waals surface area (Å²) < 4.78 is 23.6. The summed E-state index contributed by atoms with van der Waals surface area (Å²) >= 11 is 0. The van der Waals surface area contributed by atoms with Gasteiger partial charge in [0.25, 0.3) is 0 Å². The molecule has 4 nitrogen and oxygen atoms in total. The minimum absolute atomic E-state index is 0.00887. The summed E-state index contributed by atoms with van der Waals surface area (Å²) in [5.41, 5.74) is 1.29. The molecule has 0 radical (unpaired) electrons. The highest BCUT2D eigenvalue weighted by molar-refractivity contribution is 7.91. The molecule has 0 unspecified atom stereocenters. The molecule has 18 heavy (non-hydrogen) atoms. The summed E-state index contributed by atoms with van der Waals surface area (Å²) in [6.07, 6.45) is 2.05. The van der Waals surface area contributed by atoms with E-state index < -0.39 is 9.84 Å². The van der Waals surface area contributed by atoms with Crippen molar-refractivity contribution in [3.8, 4) is 0 Å². The van der Waals surface area contributed by atoms with E-state index >= 15 is 0 Å². The molecule has 0 spiro atoms. The quantitative estimate of drug-likeness (QED) is 0.837. The first kappa shape index (κ1) is 13.2. The number of carbonyl (C=O) groups excluding carboxylic acids is 1. The van der Waals surface area contributed by atoms with Crippen LogP contribution in [0.4, 0.5) is 0 Å². The molecule has 0 aliphatic carbocycles. The molecule has 98 valence electrons. The monoisotopic (exact) mass is 268 g/mol. The normalized spacial score (nSPS) is 17.2. The summed E-state index contributed by atoms with van der Waals surface area (Å²) in [5.74, 6) is 0.146. The van der Waals surface area contributed by atoms with Crippen molar-refractivity contribution in [1.82, 2.24) is 0 Å². The lowest BCUT2D eigenvalue weighted by molar-refractivity contribution is 0.0971. The van der Waals surface area contributed by atoms with Gasteiger partial charge < -0.3 is 5.11 Å². The van der Waals surface area contributed by atoms with Crippen LogP contribution < -0.4 is 0 Å². The molecule has 2 rings (SSSR count). The number of ketones is 1. The molecule has 0 aromatic heterocycles. The maximum atomic E-state index is 11.8. The topological polar surface area (TPSA) is 71.4 Å². The van der Waals surface area contributed by atoms with Crippen molar-refractivity contribution in [2.45, 2.75) is 30.6 Å². The Hall–Kier alpha value is -1.20. The number of Topliss-reactive ketones (excluding diaryl/α,β-unsaturated/α-hetero) is 1. The lowest BCUT2D eigenvalue weighted by Gasteiger charge is -2.16. The van der Waals surface area contributed by atoms with Gasteiger partial charge in [-0.1, -0.05) is 6.07 Å². The first-order chi connectivity index (χ1) is 8.54. The van der Waals surface area contributed by atoms with Gasteiger partial charge >= 0.3 is 0 Å². The third-order valence-electron chi connectivity index (χ3n) is 3.14. The molecule has 0 saturated heterocycles. The van der Waals surface area contributed by atoms with E-state index in [1.54, 1.807) is 12.1 Å². The van der Waals surface area contributed by atoms with Crippen LogP contribution in [0.25, 0.3) is 0 Å². The molecule has 1 N–H and O–H groups in total. The van der Waals surface area contributed by atoms with Gasteiger partial charge in [-0.15, -0.1) is 0 Å². The molecule has 1 aliphatic heterocycles. The smallest absolute Gasteiger partial charge is 0.178 e. The summed E-state index contributed by atoms with van der Waals surface area (Å²) in [7, 11) is -3.15. The molecule has 0 fully saturated rings. The van der Waals surface area contributed by atoms with E-state index in [2.05, 4.69) is 0 Å². The fraction of sp³-hybridized carbons (Fsp3) is 0.462. The first-order valence-electron chi connectivity index (χ1n) is 6.04. The highest BCUT2D eigenvalue weighted by atomic mass is 32.2. The van der Waals surface area contributed by atoms with E-state index in [-0.39, 0.29) is 18.1 Å². The van der Waals surface area contributed by atoms with Crippen molar-refractivity contribution in [2.75, 3.05) is 12.4 Å². The zero-order chi connectivity index (χ0) is 13.2. The van der Waals surface area contributed by atoms with Gasteiger partial charge in [0.15, 0.2) is 15.6 Å². The van der Waals surface area contributed by atoms with Gasteiger partial charge in [-0.05, 0) is 37.0 Å². The molecule has 0 bridgehead atoms. The molecule has 1 aromatic rings. The number of sulfone groups is 1. The van der Waals surface area contributed by atoms with E-state index in [0.717, 1.165) is 5.56 Å². The van der Waals surface area contributed by atoms with Gasteiger partial charge in [0.05, 0.1) is 10.6 Å². The van der Waals surface area contributed by atoms with Crippen molar-refractivity contribution >= 4 is 15.6 Å². The highest BCUT2D eigenvalue weighted by Crippen LogP contribution is 2.26. The molecule has 0 atom stereocenters. The van der Waals surface area contributed by atoms with Gasteiger partial charge in [0.2, 0.25) is 0 Å². The van der Waals surface area contributed by atoms with Crippen LogP contribution in [0.3, 0.4) is 0 Å². The van der Waals surface area contributed by atoms with Crippen LogP contribution in [0, 0.1) is 0 Å². The van der Waals surface area contributed by atoms with E-state index in [4.69, 9.17) is 5.11 Å². The summed E-state index contributed by atoms with van der Waals surface area (Å²) in [4.78, 5) is 12.2. The summed E-state index contributed by atoms with van der Waals surface area (Å²) in [6.45, 7) is -0.00887. The van der Waals surface area contributed by atoms with Crippen LogP contribution in [0.15, 0.2) is 23.1 Å². The Morgan fingerprint density at radius 2 is 2.11 bits per heavy atom. The SMILES string of the molecule is O=C(CCCO)c1ccc2c(c1)CCCS2(=O)=O. The number of aryl methyl sites for hydroxylation is 1. The number of fused-ring (bicyclic) bond motifs is 1. The predicted molar refractivity (Wildman–Crippen MR) is 67.5 cm³/mol. The Balaban J connectivity index is 2.30. The second-order valence-electron chi connectivity index (χ2n) is 4.50. The number of aliphatic hydroxyl groups is 1. The first-order valence-corrected chi connectivity index (χ1v) is 7.69. The minimum atomic E-state index is -3.15. The van der Waals surface area contributed by atoms with Crippen LogP contribution in [0.5, 0.6) is 0 Å². The third-order valence-corrected chi connectivity index (χ3v) is 5.03. The number of carbonyl (C=O) groups is 1. The molecule has 0 amide bonds. The molecule has 0 saturated carbocycles. The minimum Gasteiger partial charge on any atom is -0.396 e. The van der Waals surface area contributed by atoms with Gasteiger partial charge in [-0.2, -0.15) is 0 Å². The van der Waals surface area contributed by atoms with E-state index in [1.807, 2.05) is 0 Å². The average Bonchev–Trinajstić information content (AvgIpc) is 2.35. The van der Waals surface area contributed by atoms with Gasteiger partial charge in [0, 0.05) is 18.6 Å². The Labute approximate surface area is 107 Å². The van der Waals surface area contributed by atoms with Crippen LogP contribution in [-0.4, -0.2) is 31.7 Å². The standard InChI is InChI=1S/C13H16O4S/c14-7-1-4-12(15)10-5-6-13-11(9-10)3-2-8-18(13,16)17/h5-6,9,14H,1-4,7-8H2. The van der Waals surface area contributed by atoms with Crippen molar-refractivity contribution < 1.29 is 18.3 Å². The fourth-order valence-electron chi connectivity index (χ4n) is 2.20. The van der Waals surface area contributed by atoms with Crippen LogP contribution in [0.1, 0.15) is 35.2 Å². The van der Waals surface area contributed by atoms with E-state index in [1.165, 1.54) is 6.07 Å². The Bertz CT molecular complexity index is 560. The van der Waals surface area contributed by atoms with Crippen molar-refractivity contribution in [2.24, 2.45) is 0 Å². The number of hydrogen-bond acceptors (Lipinski definition) is 4. The maximum Gasteiger partial charge on any atom is 0.178 e. The number of rotatable bonds is 4. The average molecular weight is 268 g/mol. The summed E-state index contributed by atoms with van der Waals surface area (Å²) in [5, 5.41) is 8.69. The molecule has 1 aliphatic rings. The fourth-order valence-corrected chi connectivity index (χ4v) is 3.78. The largest absolute Gasteiger partial charge is 0.396 e. The predicted octanol–water partition coefficient (Wildman–Crippen LogP) is 1.36. The molecular weight excluding hydrogens is 252 g/mol. The molecular formula is C13H16O4S. The number of benzene rings is 1. The van der Waals surface area contributed by atoms with Gasteiger partial charge in [0.1, 0.15) is 0 Å². The van der Waals surface area contributed by atoms with Crippen LogP contribution >= 0.6 is 0 Å². The number of aliphatic hydroxyl groups excluding tert-OH is 1. The van der Waals surface area contributed by atoms with Crippen molar-refractivity contribution in [3.05, 3.63) is 29.3 Å². The Kier molecular flexibility index (Phi) is 3.82. The molecule has 5 heteroatoms. The zero-order valence-corrected chi connectivity index (χ0v) is 10.9.